The second-order valence-corrected chi connectivity index (χ2v) is 13.6. The van der Waals surface area contributed by atoms with Gasteiger partial charge in [0, 0.05) is 31.0 Å². The Morgan fingerprint density at radius 2 is 1.69 bits per heavy atom. The van der Waals surface area contributed by atoms with Crippen LogP contribution in [0.5, 0.6) is 0 Å². The highest BCUT2D eigenvalue weighted by Gasteiger charge is 2.41. The Morgan fingerprint density at radius 3 is 2.29 bits per heavy atom. The summed E-state index contributed by atoms with van der Waals surface area (Å²) >= 11 is 0. The number of hydrogen-bond donors (Lipinski definition) is 1. The van der Waals surface area contributed by atoms with Gasteiger partial charge >= 0.3 is 12.2 Å². The van der Waals surface area contributed by atoms with E-state index in [4.69, 9.17) is 19.9 Å². The zero-order valence-electron chi connectivity index (χ0n) is 26.1. The molecule has 0 bridgehead atoms. The minimum Gasteiger partial charge on any atom is -0.444 e. The summed E-state index contributed by atoms with van der Waals surface area (Å²) in [6, 6.07) is 7.40. The number of carbonyl (C=O) groups is 2. The van der Waals surface area contributed by atoms with Crippen molar-refractivity contribution in [1.82, 2.24) is 9.80 Å². The molecule has 0 spiro atoms. The molecule has 11 heteroatoms. The number of aliphatic imine (C=N–C) groups is 1. The van der Waals surface area contributed by atoms with Crippen LogP contribution in [0.2, 0.25) is 0 Å². The van der Waals surface area contributed by atoms with E-state index in [1.807, 2.05) is 20.8 Å². The zero-order chi connectivity index (χ0) is 31.3. The van der Waals surface area contributed by atoms with Gasteiger partial charge in [-0.2, -0.15) is 8.78 Å². The van der Waals surface area contributed by atoms with E-state index >= 15 is 8.78 Å². The smallest absolute Gasteiger partial charge is 0.410 e. The van der Waals surface area contributed by atoms with E-state index in [0.717, 1.165) is 17.7 Å². The third-order valence-electron chi connectivity index (χ3n) is 7.12. The molecule has 2 aliphatic heterocycles. The highest BCUT2D eigenvalue weighted by molar-refractivity contribution is 5.81. The second kappa shape index (κ2) is 13.6. The molecule has 2 heterocycles. The van der Waals surface area contributed by atoms with E-state index in [9.17, 15) is 9.59 Å². The minimum absolute atomic E-state index is 0.00580. The quantitative estimate of drug-likeness (QED) is 0.387. The van der Waals surface area contributed by atoms with Crippen LogP contribution in [0.1, 0.15) is 73.3 Å². The topological polar surface area (TPSA) is 107 Å². The standard InChI is InChI=1S/C31H48F2N4O5/c1-21-15-24(35-26(34)16-21)17-22-18-37(28(39)42-30(5,6)7)19-25(22)40-14-13-36(27(38)41-29(2,3)4)20-31(32,33)23-11-9-8-10-12-23/h8-12,21-22,24-25H,13-20H2,1-7H3,(H2,34,35)/t21?,22-,24?,25+/m1/s1. The third kappa shape index (κ3) is 10.4. The van der Waals surface area contributed by atoms with Crippen molar-refractivity contribution in [2.75, 3.05) is 32.8 Å². The molecule has 9 nitrogen and oxygen atoms in total. The Hall–Kier alpha value is -2.95. The monoisotopic (exact) mass is 594 g/mol. The van der Waals surface area contributed by atoms with Gasteiger partial charge in [0.25, 0.3) is 5.92 Å². The third-order valence-corrected chi connectivity index (χ3v) is 7.12. The van der Waals surface area contributed by atoms with E-state index in [0.29, 0.717) is 24.7 Å². The Bertz CT molecular complexity index is 1090. The number of ether oxygens (including phenoxy) is 3. The van der Waals surface area contributed by atoms with Crippen molar-refractivity contribution in [2.24, 2.45) is 22.6 Å². The van der Waals surface area contributed by atoms with Gasteiger partial charge in [-0.1, -0.05) is 37.3 Å². The number of hydrogen-bond acceptors (Lipinski definition) is 7. The number of nitrogens with two attached hydrogens (primary N) is 1. The van der Waals surface area contributed by atoms with Crippen molar-refractivity contribution in [3.05, 3.63) is 35.9 Å². The van der Waals surface area contributed by atoms with Gasteiger partial charge in [0.15, 0.2) is 0 Å². The van der Waals surface area contributed by atoms with Crippen molar-refractivity contribution in [2.45, 2.75) is 97.0 Å². The lowest BCUT2D eigenvalue weighted by Crippen LogP contribution is -2.44. The SMILES string of the molecule is CC1CC(N)=NC(C[C@@H]2CN(C(=O)OC(C)(C)C)C[C@@H]2OCCN(CC(F)(F)c2ccccc2)C(=O)OC(C)(C)C)C1. The number of amidine groups is 1. The molecule has 0 aromatic heterocycles. The maximum absolute atomic E-state index is 15.2. The molecular formula is C31H48F2N4O5. The molecule has 42 heavy (non-hydrogen) atoms. The summed E-state index contributed by atoms with van der Waals surface area (Å²) in [5.74, 6) is -2.32. The molecule has 236 valence electrons. The van der Waals surface area contributed by atoms with Crippen molar-refractivity contribution in [3.8, 4) is 0 Å². The number of nitrogens with zero attached hydrogens (tertiary/aromatic N) is 3. The molecule has 1 aromatic rings. The van der Waals surface area contributed by atoms with E-state index in [1.54, 1.807) is 31.7 Å². The van der Waals surface area contributed by atoms with Crippen LogP contribution in [-0.2, 0) is 20.1 Å². The predicted molar refractivity (Wildman–Crippen MR) is 158 cm³/mol. The number of benzene rings is 1. The molecule has 1 fully saturated rings. The first-order chi connectivity index (χ1) is 19.4. The highest BCUT2D eigenvalue weighted by Crippen LogP contribution is 2.32. The number of likely N-dealkylation sites (tertiary alicyclic amines) is 1. The van der Waals surface area contributed by atoms with Crippen LogP contribution < -0.4 is 5.73 Å². The molecule has 3 rings (SSSR count). The van der Waals surface area contributed by atoms with Gasteiger partial charge in [-0.3, -0.25) is 9.89 Å². The number of carbonyl (C=O) groups excluding carboxylic acids is 2. The Kier molecular flexibility index (Phi) is 10.8. The summed E-state index contributed by atoms with van der Waals surface area (Å²) in [5.41, 5.74) is 4.37. The second-order valence-electron chi connectivity index (χ2n) is 13.6. The van der Waals surface area contributed by atoms with Crippen LogP contribution in [0, 0.1) is 11.8 Å². The normalized spacial score (nSPS) is 23.4. The van der Waals surface area contributed by atoms with Crippen LogP contribution >= 0.6 is 0 Å². The number of alkyl halides is 2. The molecule has 1 saturated heterocycles. The largest absolute Gasteiger partial charge is 0.444 e. The van der Waals surface area contributed by atoms with Gasteiger partial charge in [0.2, 0.25) is 0 Å². The lowest BCUT2D eigenvalue weighted by Gasteiger charge is -2.31. The molecular weight excluding hydrogens is 546 g/mol. The van der Waals surface area contributed by atoms with Crippen molar-refractivity contribution in [1.29, 1.82) is 0 Å². The fourth-order valence-electron chi connectivity index (χ4n) is 5.36. The van der Waals surface area contributed by atoms with Gasteiger partial charge in [-0.25, -0.2) is 9.59 Å². The molecule has 1 aromatic carbocycles. The van der Waals surface area contributed by atoms with Gasteiger partial charge in [-0.05, 0) is 60.3 Å². The van der Waals surface area contributed by atoms with E-state index in [-0.39, 0.29) is 43.3 Å². The Morgan fingerprint density at radius 1 is 1.05 bits per heavy atom. The predicted octanol–water partition coefficient (Wildman–Crippen LogP) is 5.81. The Labute approximate surface area is 248 Å². The lowest BCUT2D eigenvalue weighted by atomic mass is 9.88. The van der Waals surface area contributed by atoms with Crippen molar-refractivity contribution in [3.63, 3.8) is 0 Å². The molecule has 2 aliphatic rings. The van der Waals surface area contributed by atoms with Gasteiger partial charge < -0.3 is 24.8 Å². The van der Waals surface area contributed by atoms with Crippen LogP contribution in [0.4, 0.5) is 18.4 Å². The van der Waals surface area contributed by atoms with Crippen molar-refractivity contribution >= 4 is 18.0 Å². The summed E-state index contributed by atoms with van der Waals surface area (Å²) in [4.78, 5) is 33.1. The Balaban J connectivity index is 1.72. The van der Waals surface area contributed by atoms with Gasteiger partial charge in [-0.15, -0.1) is 0 Å². The molecule has 2 unspecified atom stereocenters. The first-order valence-corrected chi connectivity index (χ1v) is 14.7. The summed E-state index contributed by atoms with van der Waals surface area (Å²) in [5, 5.41) is 0. The summed E-state index contributed by atoms with van der Waals surface area (Å²) in [6.07, 6.45) is 0.645. The molecule has 4 atom stereocenters. The van der Waals surface area contributed by atoms with Gasteiger partial charge in [0.05, 0.1) is 37.7 Å². The average molecular weight is 595 g/mol. The lowest BCUT2D eigenvalue weighted by molar-refractivity contribution is -0.0561. The number of rotatable bonds is 9. The highest BCUT2D eigenvalue weighted by atomic mass is 19.3. The summed E-state index contributed by atoms with van der Waals surface area (Å²) in [7, 11) is 0. The summed E-state index contributed by atoms with van der Waals surface area (Å²) in [6.45, 7) is 12.3. The molecule has 2 N–H and O–H groups in total. The molecule has 0 radical (unpaired) electrons. The first kappa shape index (κ1) is 33.6. The van der Waals surface area contributed by atoms with Gasteiger partial charge in [0.1, 0.15) is 11.2 Å². The van der Waals surface area contributed by atoms with E-state index in [2.05, 4.69) is 11.9 Å². The first-order valence-electron chi connectivity index (χ1n) is 14.7. The molecule has 0 saturated carbocycles. The number of amides is 2. The maximum atomic E-state index is 15.2. The average Bonchev–Trinajstić information content (AvgIpc) is 3.24. The minimum atomic E-state index is -3.29. The van der Waals surface area contributed by atoms with Crippen LogP contribution in [0.15, 0.2) is 35.3 Å². The van der Waals surface area contributed by atoms with Crippen molar-refractivity contribution < 1.29 is 32.6 Å². The zero-order valence-corrected chi connectivity index (χ0v) is 26.1. The van der Waals surface area contributed by atoms with Crippen LogP contribution in [0.25, 0.3) is 0 Å². The number of halogens is 2. The molecule has 0 aliphatic carbocycles. The summed E-state index contributed by atoms with van der Waals surface area (Å²) < 4.78 is 47.7. The maximum Gasteiger partial charge on any atom is 0.410 e. The fraction of sp³-hybridized carbons (Fsp3) is 0.710. The van der Waals surface area contributed by atoms with E-state index < -0.39 is 35.9 Å². The van der Waals surface area contributed by atoms with Crippen LogP contribution in [0.3, 0.4) is 0 Å². The fourth-order valence-corrected chi connectivity index (χ4v) is 5.36. The molecule has 2 amide bonds. The van der Waals surface area contributed by atoms with E-state index in [1.165, 1.54) is 24.3 Å². The van der Waals surface area contributed by atoms with Crippen LogP contribution in [-0.4, -0.2) is 84.0 Å².